The van der Waals surface area contributed by atoms with Gasteiger partial charge in [0, 0.05) is 25.3 Å². The Kier molecular flexibility index (Phi) is 5.08. The Hall–Kier alpha value is -0.610. The van der Waals surface area contributed by atoms with Crippen molar-refractivity contribution in [2.24, 2.45) is 17.3 Å². The van der Waals surface area contributed by atoms with E-state index in [0.29, 0.717) is 18.0 Å². The molecule has 0 aromatic heterocycles. The summed E-state index contributed by atoms with van der Waals surface area (Å²) in [7, 11) is 0. The maximum absolute atomic E-state index is 11.4. The van der Waals surface area contributed by atoms with Crippen LogP contribution in [0.1, 0.15) is 52.9 Å². The Bertz CT molecular complexity index is 335. The Balaban J connectivity index is 1.98. The van der Waals surface area contributed by atoms with Gasteiger partial charge in [-0.2, -0.15) is 0 Å². The molecule has 0 amide bonds. The molecule has 1 aliphatic heterocycles. The van der Waals surface area contributed by atoms with E-state index < -0.39 is 5.97 Å². The molecular weight excluding hydrogens is 254 g/mol. The molecule has 2 N–H and O–H groups in total. The topological polar surface area (TPSA) is 58.6 Å². The molecular formula is C16H29NO3. The van der Waals surface area contributed by atoms with Gasteiger partial charge in [0.25, 0.3) is 0 Å². The van der Waals surface area contributed by atoms with Crippen LogP contribution < -0.4 is 5.32 Å². The maximum Gasteiger partial charge on any atom is 0.307 e. The van der Waals surface area contributed by atoms with Crippen molar-refractivity contribution in [3.8, 4) is 0 Å². The molecule has 0 aromatic rings. The normalized spacial score (nSPS) is 38.1. The van der Waals surface area contributed by atoms with Crippen molar-refractivity contribution in [1.82, 2.24) is 5.32 Å². The number of ether oxygens (including phenoxy) is 1. The second kappa shape index (κ2) is 6.44. The highest BCUT2D eigenvalue weighted by molar-refractivity contribution is 5.71. The summed E-state index contributed by atoms with van der Waals surface area (Å²) in [5, 5.41) is 13.2. The third-order valence-corrected chi connectivity index (χ3v) is 5.64. The van der Waals surface area contributed by atoms with Crippen LogP contribution in [-0.4, -0.2) is 36.4 Å². The van der Waals surface area contributed by atoms with E-state index in [9.17, 15) is 9.90 Å². The minimum absolute atomic E-state index is 0.150. The lowest BCUT2D eigenvalue weighted by atomic mass is 9.61. The number of aliphatic carboxylic acids is 1. The molecule has 0 spiro atoms. The summed E-state index contributed by atoms with van der Waals surface area (Å²) in [6.45, 7) is 8.16. The van der Waals surface area contributed by atoms with Crippen LogP contribution in [0.5, 0.6) is 0 Å². The van der Waals surface area contributed by atoms with Crippen molar-refractivity contribution in [3.63, 3.8) is 0 Å². The number of rotatable bonds is 3. The highest BCUT2D eigenvalue weighted by atomic mass is 16.5. The third-order valence-electron chi connectivity index (χ3n) is 5.64. The van der Waals surface area contributed by atoms with Gasteiger partial charge in [0.05, 0.1) is 5.92 Å². The van der Waals surface area contributed by atoms with Crippen LogP contribution in [0.4, 0.5) is 0 Å². The molecule has 0 bridgehead atoms. The van der Waals surface area contributed by atoms with Crippen molar-refractivity contribution in [1.29, 1.82) is 0 Å². The summed E-state index contributed by atoms with van der Waals surface area (Å²) < 4.78 is 5.51. The Morgan fingerprint density at radius 2 is 1.95 bits per heavy atom. The van der Waals surface area contributed by atoms with Gasteiger partial charge < -0.3 is 15.2 Å². The number of nitrogens with one attached hydrogen (secondary N) is 1. The average Bonchev–Trinajstić information content (AvgIpc) is 2.63. The van der Waals surface area contributed by atoms with E-state index in [1.54, 1.807) is 0 Å². The van der Waals surface area contributed by atoms with E-state index >= 15 is 0 Å². The van der Waals surface area contributed by atoms with Crippen LogP contribution in [0.2, 0.25) is 0 Å². The third kappa shape index (κ3) is 3.34. The fraction of sp³-hybridized carbons (Fsp3) is 0.938. The van der Waals surface area contributed by atoms with E-state index in [4.69, 9.17) is 4.74 Å². The number of hydrogen-bond acceptors (Lipinski definition) is 3. The molecule has 4 heteroatoms. The quantitative estimate of drug-likeness (QED) is 0.836. The van der Waals surface area contributed by atoms with Gasteiger partial charge in [0.2, 0.25) is 0 Å². The van der Waals surface area contributed by atoms with Crippen LogP contribution in [0.15, 0.2) is 0 Å². The zero-order valence-electron chi connectivity index (χ0n) is 13.0. The molecule has 0 aromatic carbocycles. The Labute approximate surface area is 122 Å². The van der Waals surface area contributed by atoms with Crippen molar-refractivity contribution in [2.75, 3.05) is 13.2 Å². The summed E-state index contributed by atoms with van der Waals surface area (Å²) in [5.41, 5.74) is -0.150. The molecule has 2 aliphatic rings. The fourth-order valence-corrected chi connectivity index (χ4v) is 3.85. The van der Waals surface area contributed by atoms with Crippen LogP contribution in [0.25, 0.3) is 0 Å². The van der Waals surface area contributed by atoms with Crippen LogP contribution in [-0.2, 0) is 9.53 Å². The summed E-state index contributed by atoms with van der Waals surface area (Å²) >= 11 is 0. The van der Waals surface area contributed by atoms with Crippen molar-refractivity contribution < 1.29 is 14.6 Å². The molecule has 4 atom stereocenters. The first-order valence-corrected chi connectivity index (χ1v) is 7.99. The largest absolute Gasteiger partial charge is 0.481 e. The maximum atomic E-state index is 11.4. The molecule has 2 rings (SSSR count). The van der Waals surface area contributed by atoms with Gasteiger partial charge in [-0.05, 0) is 43.4 Å². The lowest BCUT2D eigenvalue weighted by molar-refractivity contribution is -0.150. The minimum Gasteiger partial charge on any atom is -0.481 e. The van der Waals surface area contributed by atoms with E-state index in [2.05, 4.69) is 26.1 Å². The van der Waals surface area contributed by atoms with Crippen molar-refractivity contribution in [3.05, 3.63) is 0 Å². The lowest BCUT2D eigenvalue weighted by Crippen LogP contribution is -2.53. The molecule has 1 saturated carbocycles. The average molecular weight is 283 g/mol. The van der Waals surface area contributed by atoms with E-state index in [-0.39, 0.29) is 11.3 Å². The van der Waals surface area contributed by atoms with Crippen molar-refractivity contribution in [2.45, 2.75) is 65.0 Å². The first kappa shape index (κ1) is 15.8. The van der Waals surface area contributed by atoms with E-state index in [1.807, 2.05) is 0 Å². The number of carboxylic acids is 1. The van der Waals surface area contributed by atoms with Gasteiger partial charge in [-0.3, -0.25) is 4.79 Å². The van der Waals surface area contributed by atoms with Crippen LogP contribution >= 0.6 is 0 Å². The monoisotopic (exact) mass is 283 g/mol. The molecule has 4 unspecified atom stereocenters. The molecule has 116 valence electrons. The van der Waals surface area contributed by atoms with Gasteiger partial charge >= 0.3 is 5.97 Å². The molecule has 20 heavy (non-hydrogen) atoms. The zero-order valence-corrected chi connectivity index (χ0v) is 13.0. The van der Waals surface area contributed by atoms with Gasteiger partial charge in [-0.25, -0.2) is 0 Å². The number of hydrogen-bond donors (Lipinski definition) is 2. The Morgan fingerprint density at radius 3 is 2.65 bits per heavy atom. The summed E-state index contributed by atoms with van der Waals surface area (Å²) in [4.78, 5) is 11.4. The van der Waals surface area contributed by atoms with Gasteiger partial charge in [0.1, 0.15) is 0 Å². The van der Waals surface area contributed by atoms with Crippen molar-refractivity contribution >= 4 is 5.97 Å². The highest BCUT2D eigenvalue weighted by Crippen LogP contribution is 2.45. The van der Waals surface area contributed by atoms with Crippen LogP contribution in [0, 0.1) is 17.3 Å². The standard InChI is InChI=1S/C16H29NO3/c1-11-14(17-12-5-4-9-20-10-8-12)7-6-13(15(18)19)16(11,2)3/h11-14,17H,4-10H2,1-3H3,(H,18,19). The van der Waals surface area contributed by atoms with Gasteiger partial charge in [-0.1, -0.05) is 20.8 Å². The smallest absolute Gasteiger partial charge is 0.307 e. The SMILES string of the molecule is CC1C(NC2CCCOCC2)CCC(C(=O)O)C1(C)C. The Morgan fingerprint density at radius 1 is 1.20 bits per heavy atom. The fourth-order valence-electron chi connectivity index (χ4n) is 3.85. The second-order valence-corrected chi connectivity index (χ2v) is 7.09. The van der Waals surface area contributed by atoms with Gasteiger partial charge in [-0.15, -0.1) is 0 Å². The molecule has 1 aliphatic carbocycles. The molecule has 1 heterocycles. The molecule has 1 saturated heterocycles. The first-order chi connectivity index (χ1) is 9.43. The van der Waals surface area contributed by atoms with Gasteiger partial charge in [0.15, 0.2) is 0 Å². The summed E-state index contributed by atoms with van der Waals surface area (Å²) in [5.74, 6) is -0.474. The first-order valence-electron chi connectivity index (χ1n) is 7.99. The lowest BCUT2D eigenvalue weighted by Gasteiger charge is -2.47. The molecule has 4 nitrogen and oxygen atoms in total. The summed E-state index contributed by atoms with van der Waals surface area (Å²) in [6.07, 6.45) is 5.13. The molecule has 0 radical (unpaired) electrons. The van der Waals surface area contributed by atoms with E-state index in [0.717, 1.165) is 38.9 Å². The molecule has 2 fully saturated rings. The predicted molar refractivity (Wildman–Crippen MR) is 78.7 cm³/mol. The summed E-state index contributed by atoms with van der Waals surface area (Å²) in [6, 6.07) is 0.964. The predicted octanol–water partition coefficient (Wildman–Crippen LogP) is 2.67. The van der Waals surface area contributed by atoms with Crippen LogP contribution in [0.3, 0.4) is 0 Å². The second-order valence-electron chi connectivity index (χ2n) is 7.09. The number of carboxylic acid groups (broad SMARTS) is 1. The minimum atomic E-state index is -0.636. The van der Waals surface area contributed by atoms with E-state index in [1.165, 1.54) is 6.42 Å². The highest BCUT2D eigenvalue weighted by Gasteiger charge is 2.46. The zero-order chi connectivity index (χ0) is 14.8. The number of carbonyl (C=O) groups is 1.